The van der Waals surface area contributed by atoms with Gasteiger partial charge in [0.15, 0.2) is 5.71 Å². The van der Waals surface area contributed by atoms with Gasteiger partial charge in [-0.1, -0.05) is 11.1 Å². The summed E-state index contributed by atoms with van der Waals surface area (Å²) in [5, 5.41) is 14.3. The van der Waals surface area contributed by atoms with E-state index in [2.05, 4.69) is 21.2 Å². The van der Waals surface area contributed by atoms with Crippen LogP contribution in [0.15, 0.2) is 5.16 Å². The third-order valence-electron chi connectivity index (χ3n) is 1.82. The molecule has 2 unspecified atom stereocenters. The molecule has 0 aromatic rings. The van der Waals surface area contributed by atoms with Crippen LogP contribution in [-0.4, -0.2) is 34.8 Å². The standard InChI is InChI=1S/C9H10N2O4/c1-3-5(2)10-8(12)7-4-6(9(13)14)11-15-7/h1,5,7H,4H2,2H3,(H,10,12)(H,13,14). The fourth-order valence-electron chi connectivity index (χ4n) is 0.992. The predicted molar refractivity (Wildman–Crippen MR) is 51.0 cm³/mol. The van der Waals surface area contributed by atoms with Gasteiger partial charge in [0, 0.05) is 6.42 Å². The van der Waals surface area contributed by atoms with Crippen LogP contribution in [0, 0.1) is 12.3 Å². The molecule has 0 fully saturated rings. The second-order valence-corrected chi connectivity index (χ2v) is 3.04. The SMILES string of the molecule is C#CC(C)NC(=O)C1CC(C(=O)O)=NO1. The van der Waals surface area contributed by atoms with Gasteiger partial charge in [0.25, 0.3) is 5.91 Å². The van der Waals surface area contributed by atoms with Crippen molar-refractivity contribution in [2.45, 2.75) is 25.5 Å². The molecule has 0 saturated heterocycles. The van der Waals surface area contributed by atoms with E-state index < -0.39 is 24.0 Å². The number of amides is 1. The largest absolute Gasteiger partial charge is 0.477 e. The molecule has 1 aliphatic rings. The smallest absolute Gasteiger partial charge is 0.353 e. The van der Waals surface area contributed by atoms with Gasteiger partial charge in [-0.3, -0.25) is 4.79 Å². The Morgan fingerprint density at radius 3 is 2.93 bits per heavy atom. The minimum atomic E-state index is -1.18. The van der Waals surface area contributed by atoms with E-state index in [1.54, 1.807) is 6.92 Å². The van der Waals surface area contributed by atoms with Gasteiger partial charge in [-0.15, -0.1) is 6.42 Å². The first-order valence-corrected chi connectivity index (χ1v) is 4.27. The molecule has 2 atom stereocenters. The van der Waals surface area contributed by atoms with E-state index >= 15 is 0 Å². The van der Waals surface area contributed by atoms with E-state index in [1.165, 1.54) is 0 Å². The van der Waals surface area contributed by atoms with E-state index in [9.17, 15) is 9.59 Å². The van der Waals surface area contributed by atoms with E-state index in [0.717, 1.165) is 0 Å². The molecule has 15 heavy (non-hydrogen) atoms. The summed E-state index contributed by atoms with van der Waals surface area (Å²) in [6, 6.07) is -0.421. The number of hydrogen-bond donors (Lipinski definition) is 2. The molecule has 0 aromatic carbocycles. The third kappa shape index (κ3) is 2.71. The van der Waals surface area contributed by atoms with Crippen LogP contribution in [0.5, 0.6) is 0 Å². The Hall–Kier alpha value is -2.03. The number of carboxylic acid groups (broad SMARTS) is 1. The minimum Gasteiger partial charge on any atom is -0.477 e. The van der Waals surface area contributed by atoms with Crippen LogP contribution in [0.25, 0.3) is 0 Å². The number of nitrogens with one attached hydrogen (secondary N) is 1. The highest BCUT2D eigenvalue weighted by Crippen LogP contribution is 2.10. The summed E-state index contributed by atoms with van der Waals surface area (Å²) in [5.74, 6) is 0.669. The number of carbonyl (C=O) groups excluding carboxylic acids is 1. The van der Waals surface area contributed by atoms with Crippen LogP contribution in [0.3, 0.4) is 0 Å². The Bertz CT molecular complexity index is 356. The first-order valence-electron chi connectivity index (χ1n) is 4.27. The van der Waals surface area contributed by atoms with Gasteiger partial charge >= 0.3 is 5.97 Å². The Balaban J connectivity index is 2.47. The van der Waals surface area contributed by atoms with Crippen molar-refractivity contribution in [3.05, 3.63) is 0 Å². The van der Waals surface area contributed by atoms with Crippen LogP contribution in [0.1, 0.15) is 13.3 Å². The maximum atomic E-state index is 11.4. The topological polar surface area (TPSA) is 88.0 Å². The third-order valence-corrected chi connectivity index (χ3v) is 1.82. The number of hydrogen-bond acceptors (Lipinski definition) is 4. The zero-order chi connectivity index (χ0) is 11.4. The van der Waals surface area contributed by atoms with E-state index in [0.29, 0.717) is 0 Å². The highest BCUT2D eigenvalue weighted by atomic mass is 16.6. The van der Waals surface area contributed by atoms with Crippen molar-refractivity contribution in [3.8, 4) is 12.3 Å². The Kier molecular flexibility index (Phi) is 3.29. The zero-order valence-electron chi connectivity index (χ0n) is 8.06. The first-order chi connectivity index (χ1) is 7.04. The van der Waals surface area contributed by atoms with Crippen molar-refractivity contribution in [1.29, 1.82) is 0 Å². The van der Waals surface area contributed by atoms with Crippen LogP contribution in [-0.2, 0) is 14.4 Å². The van der Waals surface area contributed by atoms with E-state index in [-0.39, 0.29) is 12.1 Å². The Labute approximate surface area is 86.3 Å². The normalized spacial score (nSPS) is 20.8. The van der Waals surface area contributed by atoms with Gasteiger partial charge in [0.05, 0.1) is 6.04 Å². The fraction of sp³-hybridized carbons (Fsp3) is 0.444. The second kappa shape index (κ2) is 4.46. The molecule has 0 aromatic heterocycles. The number of carboxylic acids is 1. The lowest BCUT2D eigenvalue weighted by atomic mass is 10.1. The quantitative estimate of drug-likeness (QED) is 0.606. The number of oxime groups is 1. The molecule has 80 valence electrons. The van der Waals surface area contributed by atoms with Crippen LogP contribution >= 0.6 is 0 Å². The van der Waals surface area contributed by atoms with E-state index in [4.69, 9.17) is 11.5 Å². The van der Waals surface area contributed by atoms with Gasteiger partial charge in [0.1, 0.15) is 0 Å². The lowest BCUT2D eigenvalue weighted by Crippen LogP contribution is -2.39. The molecule has 1 heterocycles. The molecule has 6 nitrogen and oxygen atoms in total. The molecular weight excluding hydrogens is 200 g/mol. The molecule has 6 heteroatoms. The van der Waals surface area contributed by atoms with Crippen LogP contribution in [0.2, 0.25) is 0 Å². The summed E-state index contributed by atoms with van der Waals surface area (Å²) >= 11 is 0. The molecule has 1 amide bonds. The fourth-order valence-corrected chi connectivity index (χ4v) is 0.992. The number of rotatable bonds is 3. The molecule has 2 N–H and O–H groups in total. The Morgan fingerprint density at radius 2 is 2.47 bits per heavy atom. The van der Waals surface area contributed by atoms with Gasteiger partial charge < -0.3 is 15.3 Å². The van der Waals surface area contributed by atoms with Crippen molar-refractivity contribution in [3.63, 3.8) is 0 Å². The summed E-state index contributed by atoms with van der Waals surface area (Å²) in [6.45, 7) is 1.63. The number of nitrogens with zero attached hydrogens (tertiary/aromatic N) is 1. The second-order valence-electron chi connectivity index (χ2n) is 3.04. The van der Waals surface area contributed by atoms with Crippen molar-refractivity contribution < 1.29 is 19.5 Å². The lowest BCUT2D eigenvalue weighted by molar-refractivity contribution is -0.131. The molecular formula is C9H10N2O4. The molecule has 1 rings (SSSR count). The molecule has 0 spiro atoms. The molecule has 0 bridgehead atoms. The summed E-state index contributed by atoms with van der Waals surface area (Å²) < 4.78 is 0. The van der Waals surface area contributed by atoms with Crippen molar-refractivity contribution in [2.75, 3.05) is 0 Å². The summed E-state index contributed by atoms with van der Waals surface area (Å²) in [4.78, 5) is 26.5. The summed E-state index contributed by atoms with van der Waals surface area (Å²) in [7, 11) is 0. The number of carbonyl (C=O) groups is 2. The maximum absolute atomic E-state index is 11.4. The summed E-state index contributed by atoms with van der Waals surface area (Å²) in [6.07, 6.45) is 4.13. The highest BCUT2D eigenvalue weighted by molar-refractivity contribution is 6.36. The van der Waals surface area contributed by atoms with Crippen molar-refractivity contribution >= 4 is 17.6 Å². The van der Waals surface area contributed by atoms with Gasteiger partial charge in [0.2, 0.25) is 6.10 Å². The van der Waals surface area contributed by atoms with Crippen LogP contribution < -0.4 is 5.32 Å². The lowest BCUT2D eigenvalue weighted by Gasteiger charge is -2.10. The first kappa shape index (κ1) is 11.0. The van der Waals surface area contributed by atoms with Gasteiger partial charge in [-0.25, -0.2) is 4.79 Å². The maximum Gasteiger partial charge on any atom is 0.353 e. The average Bonchev–Trinajstić information content (AvgIpc) is 2.66. The molecule has 0 saturated carbocycles. The number of terminal acetylenes is 1. The molecule has 0 aliphatic carbocycles. The highest BCUT2D eigenvalue weighted by Gasteiger charge is 2.31. The summed E-state index contributed by atoms with van der Waals surface area (Å²) in [5.41, 5.74) is -0.163. The molecule has 1 aliphatic heterocycles. The van der Waals surface area contributed by atoms with Crippen LogP contribution in [0.4, 0.5) is 0 Å². The Morgan fingerprint density at radius 1 is 1.80 bits per heavy atom. The predicted octanol–water partition coefficient (Wildman–Crippen LogP) is -0.646. The average molecular weight is 210 g/mol. The number of aliphatic carboxylic acids is 1. The van der Waals surface area contributed by atoms with Gasteiger partial charge in [-0.05, 0) is 6.92 Å². The van der Waals surface area contributed by atoms with Crippen molar-refractivity contribution in [2.24, 2.45) is 5.16 Å². The molecule has 0 radical (unpaired) electrons. The zero-order valence-corrected chi connectivity index (χ0v) is 8.06. The monoisotopic (exact) mass is 210 g/mol. The minimum absolute atomic E-state index is 0.0432. The van der Waals surface area contributed by atoms with E-state index in [1.807, 2.05) is 0 Å². The van der Waals surface area contributed by atoms with Crippen molar-refractivity contribution in [1.82, 2.24) is 5.32 Å². The van der Waals surface area contributed by atoms with Gasteiger partial charge in [-0.2, -0.15) is 0 Å².